The van der Waals surface area contributed by atoms with Crippen LogP contribution in [-0.2, 0) is 4.79 Å². The number of halogens is 1. The first-order valence-electron chi connectivity index (χ1n) is 8.65. The third kappa shape index (κ3) is 5.00. The van der Waals surface area contributed by atoms with Crippen molar-refractivity contribution >= 4 is 50.5 Å². The predicted octanol–water partition coefficient (Wildman–Crippen LogP) is 4.87. The number of nitrogens with one attached hydrogen (secondary N) is 1. The van der Waals surface area contributed by atoms with E-state index in [1.54, 1.807) is 18.2 Å². The zero-order valence-electron chi connectivity index (χ0n) is 16.1. The molecule has 8 heteroatoms. The summed E-state index contributed by atoms with van der Waals surface area (Å²) in [5, 5.41) is 12.0. The van der Waals surface area contributed by atoms with Gasteiger partial charge in [-0.2, -0.15) is 5.26 Å². The van der Waals surface area contributed by atoms with Crippen LogP contribution in [0.2, 0.25) is 0 Å². The molecule has 1 fully saturated rings. The SMILES string of the molecule is COc1cc(/C=C2\SC(=Nc3ccc(C)c(C)c3)NC2=O)cc(Br)c1OCC#N. The second-order valence-corrected chi connectivity index (χ2v) is 8.12. The molecule has 1 saturated heterocycles. The molecule has 0 saturated carbocycles. The maximum absolute atomic E-state index is 12.4. The summed E-state index contributed by atoms with van der Waals surface area (Å²) in [4.78, 5) is 17.4. The Balaban J connectivity index is 1.86. The van der Waals surface area contributed by atoms with Crippen molar-refractivity contribution in [3.8, 4) is 17.6 Å². The van der Waals surface area contributed by atoms with Gasteiger partial charge in [0.05, 0.1) is 22.2 Å². The number of benzene rings is 2. The Morgan fingerprint density at radius 2 is 2.07 bits per heavy atom. The number of carbonyl (C=O) groups is 1. The number of hydrogen-bond donors (Lipinski definition) is 1. The quantitative estimate of drug-likeness (QED) is 0.628. The zero-order valence-corrected chi connectivity index (χ0v) is 18.5. The fourth-order valence-corrected chi connectivity index (χ4v) is 4.03. The van der Waals surface area contributed by atoms with Crippen molar-refractivity contribution < 1.29 is 14.3 Å². The molecule has 0 bridgehead atoms. The minimum absolute atomic E-state index is 0.0913. The highest BCUT2D eigenvalue weighted by Gasteiger charge is 2.24. The number of nitrogens with zero attached hydrogens (tertiary/aromatic N) is 2. The molecule has 1 aliphatic rings. The number of hydrogen-bond acceptors (Lipinski definition) is 6. The van der Waals surface area contributed by atoms with E-state index in [2.05, 4.69) is 26.2 Å². The van der Waals surface area contributed by atoms with Crippen molar-refractivity contribution in [3.05, 3.63) is 56.4 Å². The summed E-state index contributed by atoms with van der Waals surface area (Å²) in [6, 6.07) is 11.4. The van der Waals surface area contributed by atoms with Crippen LogP contribution in [0.4, 0.5) is 5.69 Å². The van der Waals surface area contributed by atoms with Crippen molar-refractivity contribution in [2.75, 3.05) is 13.7 Å². The molecular weight excluding hydrogens is 454 g/mol. The molecule has 2 aromatic carbocycles. The van der Waals surface area contributed by atoms with E-state index in [0.29, 0.717) is 26.0 Å². The summed E-state index contributed by atoms with van der Waals surface area (Å²) < 4.78 is 11.4. The molecule has 1 N–H and O–H groups in total. The molecule has 1 aliphatic heterocycles. The lowest BCUT2D eigenvalue weighted by Gasteiger charge is -2.11. The molecule has 3 rings (SSSR count). The summed E-state index contributed by atoms with van der Waals surface area (Å²) in [5.74, 6) is 0.697. The van der Waals surface area contributed by atoms with Crippen molar-refractivity contribution in [2.45, 2.75) is 13.8 Å². The topological polar surface area (TPSA) is 83.7 Å². The van der Waals surface area contributed by atoms with Crippen LogP contribution in [0.25, 0.3) is 6.08 Å². The Labute approximate surface area is 181 Å². The number of carbonyl (C=O) groups excluding carboxylic acids is 1. The average molecular weight is 472 g/mol. The fraction of sp³-hybridized carbons (Fsp3) is 0.190. The standard InChI is InChI=1S/C21H18BrN3O3S/c1-12-4-5-15(8-13(12)2)24-21-25-20(26)18(29-21)11-14-9-16(22)19(28-7-6-23)17(10-14)27-3/h4-5,8-11H,7H2,1-3H3,(H,24,25,26)/b18-11-. The summed E-state index contributed by atoms with van der Waals surface area (Å²) in [6.45, 7) is 3.98. The molecule has 0 unspecified atom stereocenters. The smallest absolute Gasteiger partial charge is 0.264 e. The Morgan fingerprint density at radius 3 is 2.76 bits per heavy atom. The van der Waals surface area contributed by atoms with E-state index >= 15 is 0 Å². The van der Waals surface area contributed by atoms with Crippen LogP contribution in [0.15, 0.2) is 44.7 Å². The molecule has 0 atom stereocenters. The zero-order chi connectivity index (χ0) is 21.0. The average Bonchev–Trinajstić information content (AvgIpc) is 3.02. The molecule has 2 aromatic rings. The number of aryl methyl sites for hydroxylation is 2. The summed E-state index contributed by atoms with van der Waals surface area (Å²) in [7, 11) is 1.52. The maximum Gasteiger partial charge on any atom is 0.264 e. The number of thioether (sulfide) groups is 1. The lowest BCUT2D eigenvalue weighted by molar-refractivity contribution is -0.115. The van der Waals surface area contributed by atoms with E-state index < -0.39 is 0 Å². The van der Waals surface area contributed by atoms with Crippen molar-refractivity contribution in [1.29, 1.82) is 5.26 Å². The van der Waals surface area contributed by atoms with Crippen molar-refractivity contribution in [3.63, 3.8) is 0 Å². The third-order valence-corrected chi connectivity index (χ3v) is 5.70. The van der Waals surface area contributed by atoms with E-state index in [0.717, 1.165) is 16.8 Å². The highest BCUT2D eigenvalue weighted by atomic mass is 79.9. The first-order chi connectivity index (χ1) is 13.9. The summed E-state index contributed by atoms with van der Waals surface area (Å²) >= 11 is 4.70. The number of amidine groups is 1. The number of rotatable bonds is 5. The lowest BCUT2D eigenvalue weighted by atomic mass is 10.1. The van der Waals surface area contributed by atoms with Gasteiger partial charge >= 0.3 is 0 Å². The van der Waals surface area contributed by atoms with Crippen LogP contribution < -0.4 is 14.8 Å². The van der Waals surface area contributed by atoms with Crippen LogP contribution in [-0.4, -0.2) is 24.8 Å². The minimum atomic E-state index is -0.211. The van der Waals surface area contributed by atoms with Crippen LogP contribution in [0.1, 0.15) is 16.7 Å². The molecule has 6 nitrogen and oxygen atoms in total. The highest BCUT2D eigenvalue weighted by molar-refractivity contribution is 9.10. The van der Waals surface area contributed by atoms with Gasteiger partial charge in [-0.05, 0) is 88.6 Å². The van der Waals surface area contributed by atoms with Crippen LogP contribution in [0.3, 0.4) is 0 Å². The second-order valence-electron chi connectivity index (χ2n) is 6.23. The van der Waals surface area contributed by atoms with Gasteiger partial charge in [0.1, 0.15) is 6.07 Å². The fourth-order valence-electron chi connectivity index (χ4n) is 2.61. The summed E-state index contributed by atoms with van der Waals surface area (Å²) in [5.41, 5.74) is 3.88. The largest absolute Gasteiger partial charge is 0.493 e. The van der Waals surface area contributed by atoms with E-state index in [-0.39, 0.29) is 12.5 Å². The van der Waals surface area contributed by atoms with Gasteiger partial charge in [-0.15, -0.1) is 0 Å². The van der Waals surface area contributed by atoms with Gasteiger partial charge in [-0.1, -0.05) is 6.07 Å². The molecule has 1 amide bonds. The third-order valence-electron chi connectivity index (χ3n) is 4.20. The molecule has 1 heterocycles. The maximum atomic E-state index is 12.4. The first-order valence-corrected chi connectivity index (χ1v) is 10.3. The second kappa shape index (κ2) is 9.16. The molecule has 0 spiro atoms. The van der Waals surface area contributed by atoms with Gasteiger partial charge < -0.3 is 14.8 Å². The van der Waals surface area contributed by atoms with Gasteiger partial charge in [0, 0.05) is 0 Å². The molecule has 0 radical (unpaired) electrons. The number of methoxy groups -OCH3 is 1. The van der Waals surface area contributed by atoms with E-state index in [1.807, 2.05) is 38.1 Å². The van der Waals surface area contributed by atoms with Crippen LogP contribution in [0, 0.1) is 25.2 Å². The number of aliphatic imine (C=N–C) groups is 1. The lowest BCUT2D eigenvalue weighted by Crippen LogP contribution is -2.19. The van der Waals surface area contributed by atoms with Crippen molar-refractivity contribution in [2.24, 2.45) is 4.99 Å². The van der Waals surface area contributed by atoms with Crippen LogP contribution >= 0.6 is 27.7 Å². The Kier molecular flexibility index (Phi) is 6.62. The molecule has 0 aliphatic carbocycles. The van der Waals surface area contributed by atoms with Gasteiger partial charge in [-0.3, -0.25) is 4.79 Å². The van der Waals surface area contributed by atoms with Gasteiger partial charge in [0.2, 0.25) is 0 Å². The number of amides is 1. The Hall–Kier alpha value is -2.76. The Bertz CT molecular complexity index is 1070. The molecule has 29 heavy (non-hydrogen) atoms. The summed E-state index contributed by atoms with van der Waals surface area (Å²) in [6.07, 6.45) is 1.75. The Morgan fingerprint density at radius 1 is 1.28 bits per heavy atom. The first kappa shape index (κ1) is 21.0. The molecule has 148 valence electrons. The highest BCUT2D eigenvalue weighted by Crippen LogP contribution is 2.38. The monoisotopic (exact) mass is 471 g/mol. The molecular formula is C21H18BrN3O3S. The minimum Gasteiger partial charge on any atom is -0.493 e. The van der Waals surface area contributed by atoms with Gasteiger partial charge in [-0.25, -0.2) is 4.99 Å². The van der Waals surface area contributed by atoms with Crippen LogP contribution in [0.5, 0.6) is 11.5 Å². The molecule has 0 aromatic heterocycles. The van der Waals surface area contributed by atoms with E-state index in [1.165, 1.54) is 24.4 Å². The van der Waals surface area contributed by atoms with E-state index in [9.17, 15) is 4.79 Å². The predicted molar refractivity (Wildman–Crippen MR) is 119 cm³/mol. The number of ether oxygens (including phenoxy) is 2. The van der Waals surface area contributed by atoms with E-state index in [4.69, 9.17) is 14.7 Å². The van der Waals surface area contributed by atoms with Gasteiger partial charge in [0.25, 0.3) is 5.91 Å². The van der Waals surface area contributed by atoms with Gasteiger partial charge in [0.15, 0.2) is 23.3 Å². The van der Waals surface area contributed by atoms with Crippen molar-refractivity contribution in [1.82, 2.24) is 5.32 Å². The normalized spacial score (nSPS) is 16.0. The number of nitriles is 1.